The normalized spacial score (nSPS) is 27.6. The van der Waals surface area contributed by atoms with E-state index >= 15 is 0 Å². The van der Waals surface area contributed by atoms with E-state index < -0.39 is 42.9 Å². The van der Waals surface area contributed by atoms with Crippen molar-refractivity contribution in [2.24, 2.45) is 0 Å². The van der Waals surface area contributed by atoms with Gasteiger partial charge < -0.3 is 30.3 Å². The predicted octanol–water partition coefficient (Wildman–Crippen LogP) is 0.542. The molecule has 14 heteroatoms. The summed E-state index contributed by atoms with van der Waals surface area (Å²) < 4.78 is 45.4. The van der Waals surface area contributed by atoms with E-state index in [1.165, 1.54) is 23.3 Å². The van der Waals surface area contributed by atoms with Crippen LogP contribution in [-0.2, 0) is 10.9 Å². The minimum Gasteiger partial charge on any atom is -0.394 e. The lowest BCUT2D eigenvalue weighted by Crippen LogP contribution is -2.33. The van der Waals surface area contributed by atoms with E-state index in [9.17, 15) is 28.5 Å². The molecule has 3 aromatic rings. The third-order valence-corrected chi connectivity index (χ3v) is 6.08. The number of pyridine rings is 1. The summed E-state index contributed by atoms with van der Waals surface area (Å²) in [7, 11) is 0. The number of fused-ring (bicyclic) bond motifs is 1. The van der Waals surface area contributed by atoms with Gasteiger partial charge in [0, 0.05) is 25.3 Å². The molecule has 0 radical (unpaired) electrons. The molecule has 1 unspecified atom stereocenters. The number of nitrogens with one attached hydrogen (secondary N) is 1. The molecular formula is C20H22F3N7O4. The summed E-state index contributed by atoms with van der Waals surface area (Å²) in [4.78, 5) is 18.7. The average Bonchev–Trinajstić information content (AvgIpc) is 3.52. The molecule has 0 amide bonds. The van der Waals surface area contributed by atoms with E-state index in [0.717, 1.165) is 12.3 Å². The fourth-order valence-corrected chi connectivity index (χ4v) is 4.27. The van der Waals surface area contributed by atoms with Gasteiger partial charge in [-0.1, -0.05) is 0 Å². The Balaban J connectivity index is 1.31. The number of hydrogen-bond acceptors (Lipinski definition) is 10. The van der Waals surface area contributed by atoms with E-state index in [0.29, 0.717) is 42.3 Å². The van der Waals surface area contributed by atoms with Crippen molar-refractivity contribution in [3.05, 3.63) is 36.5 Å². The van der Waals surface area contributed by atoms with E-state index in [-0.39, 0.29) is 6.04 Å². The molecule has 2 fully saturated rings. The van der Waals surface area contributed by atoms with Crippen molar-refractivity contribution in [2.75, 3.05) is 29.9 Å². The Hall–Kier alpha value is -3.07. The first-order valence-corrected chi connectivity index (χ1v) is 10.6. The van der Waals surface area contributed by atoms with Crippen LogP contribution >= 0.6 is 0 Å². The number of hydrogen-bond donors (Lipinski definition) is 4. The quantitative estimate of drug-likeness (QED) is 0.408. The van der Waals surface area contributed by atoms with E-state index in [4.69, 9.17) is 4.74 Å². The molecule has 0 aliphatic carbocycles. The van der Waals surface area contributed by atoms with Gasteiger partial charge in [-0.25, -0.2) is 19.9 Å². The second-order valence-electron chi connectivity index (χ2n) is 8.25. The van der Waals surface area contributed by atoms with Gasteiger partial charge in [-0.05, 0) is 18.6 Å². The first kappa shape index (κ1) is 22.7. The Kier molecular flexibility index (Phi) is 5.75. The fourth-order valence-electron chi connectivity index (χ4n) is 4.27. The molecule has 5 atom stereocenters. The molecule has 2 aliphatic rings. The molecule has 0 aromatic carbocycles. The van der Waals surface area contributed by atoms with Crippen LogP contribution in [0.5, 0.6) is 0 Å². The summed E-state index contributed by atoms with van der Waals surface area (Å²) in [6.07, 6.45) is -4.60. The Labute approximate surface area is 190 Å². The van der Waals surface area contributed by atoms with Crippen LogP contribution < -0.4 is 10.2 Å². The number of aliphatic hydroxyl groups excluding tert-OH is 3. The highest BCUT2D eigenvalue weighted by Crippen LogP contribution is 2.33. The van der Waals surface area contributed by atoms with Crippen LogP contribution in [0.3, 0.4) is 0 Å². The number of rotatable bonds is 5. The van der Waals surface area contributed by atoms with Crippen molar-refractivity contribution in [3.63, 3.8) is 0 Å². The van der Waals surface area contributed by atoms with Gasteiger partial charge in [0.05, 0.1) is 18.5 Å². The van der Waals surface area contributed by atoms with Crippen molar-refractivity contribution >= 4 is 22.8 Å². The predicted molar refractivity (Wildman–Crippen MR) is 112 cm³/mol. The van der Waals surface area contributed by atoms with Crippen molar-refractivity contribution < 1.29 is 33.2 Å². The van der Waals surface area contributed by atoms with Crippen molar-refractivity contribution in [2.45, 2.75) is 43.2 Å². The molecule has 5 rings (SSSR count). The number of nitrogens with zero attached hydrogens (tertiary/aromatic N) is 6. The highest BCUT2D eigenvalue weighted by atomic mass is 19.4. The van der Waals surface area contributed by atoms with Crippen LogP contribution in [0.4, 0.5) is 24.8 Å². The van der Waals surface area contributed by atoms with Gasteiger partial charge >= 0.3 is 6.18 Å². The lowest BCUT2D eigenvalue weighted by Gasteiger charge is -2.19. The molecule has 5 heterocycles. The maximum Gasteiger partial charge on any atom is 0.417 e. The zero-order valence-corrected chi connectivity index (χ0v) is 17.7. The number of aliphatic hydroxyl groups is 3. The number of alkyl halides is 3. The van der Waals surface area contributed by atoms with Crippen LogP contribution in [0, 0.1) is 0 Å². The molecule has 182 valence electrons. The molecule has 11 nitrogen and oxygen atoms in total. The van der Waals surface area contributed by atoms with Crippen LogP contribution in [-0.4, -0.2) is 83.9 Å². The molecule has 34 heavy (non-hydrogen) atoms. The zero-order valence-electron chi connectivity index (χ0n) is 17.7. The zero-order chi connectivity index (χ0) is 24.0. The highest BCUT2D eigenvalue weighted by Gasteiger charge is 2.44. The summed E-state index contributed by atoms with van der Waals surface area (Å²) in [6, 6.07) is 2.30. The number of ether oxygens (including phenoxy) is 1. The van der Waals surface area contributed by atoms with Crippen molar-refractivity contribution in [1.29, 1.82) is 0 Å². The van der Waals surface area contributed by atoms with Crippen LogP contribution in [0.2, 0.25) is 0 Å². The van der Waals surface area contributed by atoms with Gasteiger partial charge in [-0.2, -0.15) is 13.2 Å². The van der Waals surface area contributed by atoms with Gasteiger partial charge in [-0.3, -0.25) is 4.57 Å². The SMILES string of the molecule is OC[C@H]1OC(n2cnc3c(N[C@@H]4CCN(c5ccc(C(F)(F)F)cn5)C4)ncnc32)[C@H](O)[C@@H]1O. The number of anilines is 2. The first-order chi connectivity index (χ1) is 16.3. The third-order valence-electron chi connectivity index (χ3n) is 6.08. The largest absolute Gasteiger partial charge is 0.417 e. The summed E-state index contributed by atoms with van der Waals surface area (Å²) in [6.45, 7) is 0.649. The Morgan fingerprint density at radius 3 is 2.62 bits per heavy atom. The molecule has 0 bridgehead atoms. The third kappa shape index (κ3) is 4.02. The average molecular weight is 481 g/mol. The first-order valence-electron chi connectivity index (χ1n) is 10.6. The van der Waals surface area contributed by atoms with Gasteiger partial charge in [0.15, 0.2) is 23.2 Å². The summed E-state index contributed by atoms with van der Waals surface area (Å²) in [5.41, 5.74) is -0.00350. The summed E-state index contributed by atoms with van der Waals surface area (Å²) in [5.74, 6) is 0.904. The fraction of sp³-hybridized carbons (Fsp3) is 0.500. The topological polar surface area (TPSA) is 142 Å². The van der Waals surface area contributed by atoms with Gasteiger partial charge in [0.2, 0.25) is 0 Å². The lowest BCUT2D eigenvalue weighted by molar-refractivity contribution is -0.137. The second-order valence-corrected chi connectivity index (χ2v) is 8.25. The summed E-state index contributed by atoms with van der Waals surface area (Å²) >= 11 is 0. The minimum absolute atomic E-state index is 0.0683. The van der Waals surface area contributed by atoms with E-state index in [1.54, 1.807) is 0 Å². The smallest absolute Gasteiger partial charge is 0.394 e. The number of imidazole rings is 1. The Bertz CT molecular complexity index is 1160. The monoisotopic (exact) mass is 481 g/mol. The van der Waals surface area contributed by atoms with Crippen molar-refractivity contribution in [3.8, 4) is 0 Å². The lowest BCUT2D eigenvalue weighted by atomic mass is 10.1. The Morgan fingerprint density at radius 2 is 1.94 bits per heavy atom. The highest BCUT2D eigenvalue weighted by molar-refractivity contribution is 5.83. The molecule has 2 saturated heterocycles. The standard InChI is InChI=1S/C20H22F3N7O4/c21-20(22,23)10-1-2-13(24-5-10)29-4-3-11(6-29)28-17-14-18(26-8-25-17)30(9-27-14)19-16(33)15(32)12(7-31)34-19/h1-2,5,8-9,11-12,15-16,19,31-33H,3-4,6-7H2,(H,25,26,28)/t11-,12-,15-,16-,19?/m1/s1. The molecule has 2 aliphatic heterocycles. The maximum absolute atomic E-state index is 12.8. The molecule has 4 N–H and O–H groups in total. The minimum atomic E-state index is -4.43. The van der Waals surface area contributed by atoms with Crippen LogP contribution in [0.25, 0.3) is 11.2 Å². The molecular weight excluding hydrogens is 459 g/mol. The van der Waals surface area contributed by atoms with Gasteiger partial charge in [0.25, 0.3) is 0 Å². The molecule has 0 spiro atoms. The number of aromatic nitrogens is 5. The maximum atomic E-state index is 12.8. The molecule has 3 aromatic heterocycles. The van der Waals surface area contributed by atoms with Crippen LogP contribution in [0.1, 0.15) is 18.2 Å². The second kappa shape index (κ2) is 8.61. The summed E-state index contributed by atoms with van der Waals surface area (Å²) in [5, 5.41) is 33.0. The number of halogens is 3. The van der Waals surface area contributed by atoms with Gasteiger partial charge in [0.1, 0.15) is 30.5 Å². The Morgan fingerprint density at radius 1 is 1.12 bits per heavy atom. The van der Waals surface area contributed by atoms with E-state index in [1.807, 2.05) is 4.90 Å². The molecule has 0 saturated carbocycles. The van der Waals surface area contributed by atoms with Crippen LogP contribution in [0.15, 0.2) is 31.0 Å². The van der Waals surface area contributed by atoms with Crippen molar-refractivity contribution in [1.82, 2.24) is 24.5 Å². The van der Waals surface area contributed by atoms with Gasteiger partial charge in [-0.15, -0.1) is 0 Å². The van der Waals surface area contributed by atoms with E-state index in [2.05, 4.69) is 25.3 Å².